The zero-order valence-electron chi connectivity index (χ0n) is 17.0. The molecule has 0 aromatic heterocycles. The number of fused-ring (bicyclic) bond motifs is 1. The Bertz CT molecular complexity index is 612. The summed E-state index contributed by atoms with van der Waals surface area (Å²) in [6.45, 7) is 5.33. The summed E-state index contributed by atoms with van der Waals surface area (Å²) in [7, 11) is 1.78. The van der Waals surface area contributed by atoms with Crippen molar-refractivity contribution in [2.75, 3.05) is 13.7 Å². The van der Waals surface area contributed by atoms with Gasteiger partial charge in [0.25, 0.3) is 0 Å². The molecule has 0 aliphatic heterocycles. The number of rotatable bonds is 11. The van der Waals surface area contributed by atoms with Gasteiger partial charge >= 0.3 is 5.97 Å². The molecule has 1 aliphatic carbocycles. The van der Waals surface area contributed by atoms with Crippen molar-refractivity contribution in [1.82, 2.24) is 5.32 Å². The predicted octanol–water partition coefficient (Wildman–Crippen LogP) is 4.01. The second-order valence-electron chi connectivity index (χ2n) is 7.67. The first-order valence-electron chi connectivity index (χ1n) is 10.3. The molecule has 3 N–H and O–H groups in total. The van der Waals surface area contributed by atoms with Crippen molar-refractivity contribution in [3.63, 3.8) is 0 Å². The summed E-state index contributed by atoms with van der Waals surface area (Å²) < 4.78 is 5.88. The number of phenols is 1. The number of hydrogen-bond acceptors (Lipinski definition) is 4. The summed E-state index contributed by atoms with van der Waals surface area (Å²) in [6, 6.07) is 5.95. The lowest BCUT2D eigenvalue weighted by Gasteiger charge is -2.49. The molecule has 2 rings (SSSR count). The molecular weight excluding hydrogens is 342 g/mol. The maximum Gasteiger partial charge on any atom is 0.303 e. The topological polar surface area (TPSA) is 78.8 Å². The number of aromatic hydroxyl groups is 1. The van der Waals surface area contributed by atoms with Crippen molar-refractivity contribution in [3.8, 4) is 5.75 Å². The SMILES string of the molecule is CCC1(CC)c2cc(O)ccc2C[C@H](OC)[C@H]1NCCCCCCC(=O)O. The van der Waals surface area contributed by atoms with Crippen LogP contribution in [0.4, 0.5) is 0 Å². The average molecular weight is 378 g/mol. The second-order valence-corrected chi connectivity index (χ2v) is 7.67. The lowest BCUT2D eigenvalue weighted by Crippen LogP contribution is -2.59. The summed E-state index contributed by atoms with van der Waals surface area (Å²) >= 11 is 0. The first-order valence-corrected chi connectivity index (χ1v) is 10.3. The van der Waals surface area contributed by atoms with Crippen LogP contribution in [0.5, 0.6) is 5.75 Å². The van der Waals surface area contributed by atoms with Crippen molar-refractivity contribution >= 4 is 5.97 Å². The molecular formula is C22H35NO4. The van der Waals surface area contributed by atoms with Crippen LogP contribution < -0.4 is 5.32 Å². The summed E-state index contributed by atoms with van der Waals surface area (Å²) in [6.07, 6.45) is 6.95. The number of ether oxygens (including phenoxy) is 1. The van der Waals surface area contributed by atoms with E-state index < -0.39 is 5.97 Å². The zero-order valence-corrected chi connectivity index (χ0v) is 17.0. The molecule has 2 atom stereocenters. The third kappa shape index (κ3) is 5.02. The van der Waals surface area contributed by atoms with E-state index in [0.717, 1.165) is 51.5 Å². The van der Waals surface area contributed by atoms with Crippen LogP contribution >= 0.6 is 0 Å². The number of aliphatic carboxylic acids is 1. The molecule has 1 aliphatic rings. The Hall–Kier alpha value is -1.59. The van der Waals surface area contributed by atoms with Gasteiger partial charge < -0.3 is 20.3 Å². The highest BCUT2D eigenvalue weighted by molar-refractivity contribution is 5.66. The number of carboxylic acid groups (broad SMARTS) is 1. The largest absolute Gasteiger partial charge is 0.508 e. The van der Waals surface area contributed by atoms with Gasteiger partial charge in [0.15, 0.2) is 0 Å². The monoisotopic (exact) mass is 377 g/mol. The molecule has 5 heteroatoms. The fraction of sp³-hybridized carbons (Fsp3) is 0.682. The molecule has 0 heterocycles. The van der Waals surface area contributed by atoms with Crippen molar-refractivity contribution < 1.29 is 19.7 Å². The summed E-state index contributed by atoms with van der Waals surface area (Å²) in [5.41, 5.74) is 2.46. The van der Waals surface area contributed by atoms with Gasteiger partial charge in [0.1, 0.15) is 5.75 Å². The van der Waals surface area contributed by atoms with Crippen LogP contribution in [0.15, 0.2) is 18.2 Å². The van der Waals surface area contributed by atoms with E-state index in [2.05, 4.69) is 19.2 Å². The standard InChI is InChI=1S/C22H35NO4/c1-4-22(5-2)18-15-17(24)12-11-16(18)14-19(27-3)21(22)23-13-9-7-6-8-10-20(25)26/h11-12,15,19,21,23-24H,4-10,13-14H2,1-3H3,(H,25,26)/t19-,21+/m0/s1. The Morgan fingerprint density at radius 3 is 2.56 bits per heavy atom. The molecule has 0 saturated heterocycles. The van der Waals surface area contributed by atoms with Crippen molar-refractivity contribution in [2.45, 2.75) is 82.8 Å². The summed E-state index contributed by atoms with van der Waals surface area (Å²) in [4.78, 5) is 10.6. The minimum atomic E-state index is -0.712. The maximum atomic E-state index is 10.6. The molecule has 5 nitrogen and oxygen atoms in total. The Morgan fingerprint density at radius 1 is 1.22 bits per heavy atom. The van der Waals surface area contributed by atoms with E-state index in [1.807, 2.05) is 12.1 Å². The highest BCUT2D eigenvalue weighted by Gasteiger charge is 2.46. The molecule has 0 bridgehead atoms. The Kier molecular flexibility index (Phi) is 8.11. The molecule has 0 saturated carbocycles. The average Bonchev–Trinajstić information content (AvgIpc) is 2.66. The van der Waals surface area contributed by atoms with E-state index in [0.29, 0.717) is 5.75 Å². The van der Waals surface area contributed by atoms with Crippen LogP contribution in [0.2, 0.25) is 0 Å². The van der Waals surface area contributed by atoms with Gasteiger partial charge in [-0.3, -0.25) is 4.79 Å². The highest BCUT2D eigenvalue weighted by Crippen LogP contribution is 2.44. The third-order valence-electron chi connectivity index (χ3n) is 6.26. The molecule has 0 spiro atoms. The number of nitrogens with one attached hydrogen (secondary N) is 1. The molecule has 1 aromatic carbocycles. The number of hydrogen-bond donors (Lipinski definition) is 3. The van der Waals surface area contributed by atoms with Crippen LogP contribution in [0.1, 0.15) is 69.9 Å². The van der Waals surface area contributed by atoms with Crippen LogP contribution in [-0.4, -0.2) is 42.0 Å². The quantitative estimate of drug-likeness (QED) is 0.508. The molecule has 152 valence electrons. The van der Waals surface area contributed by atoms with E-state index in [9.17, 15) is 9.90 Å². The van der Waals surface area contributed by atoms with E-state index in [-0.39, 0.29) is 24.0 Å². The maximum absolute atomic E-state index is 10.6. The van der Waals surface area contributed by atoms with E-state index in [4.69, 9.17) is 9.84 Å². The van der Waals surface area contributed by atoms with Crippen LogP contribution in [0, 0.1) is 0 Å². The Morgan fingerprint density at radius 2 is 1.93 bits per heavy atom. The van der Waals surface area contributed by atoms with Gasteiger partial charge in [0.05, 0.1) is 6.10 Å². The number of carbonyl (C=O) groups is 1. The second kappa shape index (κ2) is 10.1. The van der Waals surface area contributed by atoms with Crippen molar-refractivity contribution in [2.24, 2.45) is 0 Å². The van der Waals surface area contributed by atoms with Gasteiger partial charge in [-0.05, 0) is 55.5 Å². The zero-order chi connectivity index (χ0) is 19.9. The smallest absolute Gasteiger partial charge is 0.303 e. The van der Waals surface area contributed by atoms with Crippen molar-refractivity contribution in [3.05, 3.63) is 29.3 Å². The van der Waals surface area contributed by atoms with Gasteiger partial charge in [-0.1, -0.05) is 32.8 Å². The normalized spacial score (nSPS) is 21.0. The number of benzene rings is 1. The predicted molar refractivity (Wildman–Crippen MR) is 107 cm³/mol. The number of unbranched alkanes of at least 4 members (excludes halogenated alkanes) is 3. The van der Waals surface area contributed by atoms with Crippen LogP contribution in [0.25, 0.3) is 0 Å². The van der Waals surface area contributed by atoms with E-state index in [1.165, 1.54) is 11.1 Å². The number of phenolic OH excluding ortho intramolecular Hbond substituents is 1. The highest BCUT2D eigenvalue weighted by atomic mass is 16.5. The number of carboxylic acids is 1. The van der Waals surface area contributed by atoms with E-state index in [1.54, 1.807) is 13.2 Å². The fourth-order valence-corrected chi connectivity index (χ4v) is 4.69. The summed E-state index contributed by atoms with van der Waals surface area (Å²) in [5, 5.41) is 22.5. The summed E-state index contributed by atoms with van der Waals surface area (Å²) in [5.74, 6) is -0.385. The van der Waals surface area contributed by atoms with Gasteiger partial charge in [-0.15, -0.1) is 0 Å². The van der Waals surface area contributed by atoms with Gasteiger partial charge in [0, 0.05) is 31.4 Å². The first-order chi connectivity index (χ1) is 13.0. The molecule has 0 amide bonds. The van der Waals surface area contributed by atoms with Gasteiger partial charge in [-0.25, -0.2) is 0 Å². The lowest BCUT2D eigenvalue weighted by molar-refractivity contribution is -0.137. The minimum Gasteiger partial charge on any atom is -0.508 e. The minimum absolute atomic E-state index is 0.0592. The van der Waals surface area contributed by atoms with Gasteiger partial charge in [0.2, 0.25) is 0 Å². The number of methoxy groups -OCH3 is 1. The fourth-order valence-electron chi connectivity index (χ4n) is 4.69. The van der Waals surface area contributed by atoms with Gasteiger partial charge in [-0.2, -0.15) is 0 Å². The molecule has 0 radical (unpaired) electrons. The molecule has 1 aromatic rings. The molecule has 27 heavy (non-hydrogen) atoms. The van der Waals surface area contributed by atoms with Crippen LogP contribution in [0.3, 0.4) is 0 Å². The lowest BCUT2D eigenvalue weighted by atomic mass is 9.62. The molecule has 0 unspecified atom stereocenters. The van der Waals surface area contributed by atoms with E-state index >= 15 is 0 Å². The third-order valence-corrected chi connectivity index (χ3v) is 6.26. The molecule has 0 fully saturated rings. The van der Waals surface area contributed by atoms with Crippen LogP contribution in [-0.2, 0) is 21.4 Å². The first kappa shape index (κ1) is 21.7. The van der Waals surface area contributed by atoms with Crippen molar-refractivity contribution in [1.29, 1.82) is 0 Å². The Balaban J connectivity index is 2.07. The Labute approximate surface area is 163 Å².